The number of ether oxygens (including phenoxy) is 1. The molecule has 0 amide bonds. The molecule has 0 bridgehead atoms. The summed E-state index contributed by atoms with van der Waals surface area (Å²) in [5.74, 6) is 1.31. The Hall–Kier alpha value is -2.37. The van der Waals surface area contributed by atoms with Gasteiger partial charge in [0.25, 0.3) is 0 Å². The number of hydrogen-bond acceptors (Lipinski definition) is 4. The second-order valence-electron chi connectivity index (χ2n) is 4.10. The summed E-state index contributed by atoms with van der Waals surface area (Å²) in [4.78, 5) is 14.6. The van der Waals surface area contributed by atoms with Gasteiger partial charge in [0.15, 0.2) is 0 Å². The van der Waals surface area contributed by atoms with Crippen LogP contribution in [0.2, 0.25) is 0 Å². The van der Waals surface area contributed by atoms with Crippen LogP contribution in [0.1, 0.15) is 18.1 Å². The maximum atomic E-state index is 10.4. The van der Waals surface area contributed by atoms with Gasteiger partial charge in [0.1, 0.15) is 17.4 Å². The zero-order chi connectivity index (χ0) is 13.8. The quantitative estimate of drug-likeness (QED) is 0.887. The molecule has 1 aromatic heterocycles. The highest BCUT2D eigenvalue weighted by Crippen LogP contribution is 2.16. The highest BCUT2D eigenvalue weighted by molar-refractivity contribution is 5.66. The molecule has 0 radical (unpaired) electrons. The molecule has 1 heterocycles. The summed E-state index contributed by atoms with van der Waals surface area (Å²) in [5.41, 5.74) is 0.892. The van der Waals surface area contributed by atoms with Crippen molar-refractivity contribution in [3.05, 3.63) is 35.9 Å². The van der Waals surface area contributed by atoms with Gasteiger partial charge in [-0.15, -0.1) is 0 Å². The van der Waals surface area contributed by atoms with Crippen LogP contribution in [0, 0.1) is 13.8 Å². The normalized spacial score (nSPS) is 10.4. The third-order valence-electron chi connectivity index (χ3n) is 2.54. The van der Waals surface area contributed by atoms with Crippen LogP contribution in [0.25, 0.3) is 5.69 Å². The largest absolute Gasteiger partial charge is 0.493 e. The molecule has 0 fully saturated rings. The molecule has 0 aliphatic heterocycles. The van der Waals surface area contributed by atoms with E-state index in [1.165, 1.54) is 0 Å². The predicted octanol–water partition coefficient (Wildman–Crippen LogP) is 1.74. The topological polar surface area (TPSA) is 77.2 Å². The Labute approximate surface area is 110 Å². The first-order valence-electron chi connectivity index (χ1n) is 5.91. The average Bonchev–Trinajstić information content (AvgIpc) is 2.69. The monoisotopic (exact) mass is 261 g/mol. The molecule has 6 heteroatoms. The van der Waals surface area contributed by atoms with Crippen molar-refractivity contribution in [2.24, 2.45) is 0 Å². The van der Waals surface area contributed by atoms with Crippen molar-refractivity contribution in [1.29, 1.82) is 0 Å². The molecular formula is C13H15N3O3. The lowest BCUT2D eigenvalue weighted by atomic mass is 10.3. The predicted molar refractivity (Wildman–Crippen MR) is 68.6 cm³/mol. The highest BCUT2D eigenvalue weighted by atomic mass is 16.5. The van der Waals surface area contributed by atoms with Crippen molar-refractivity contribution < 1.29 is 14.6 Å². The standard InChI is InChI=1S/C13H15N3O3/c1-9-14-10(2)16(15-9)11-3-5-12(6-4-11)19-8-7-13(17)18/h3-6H,7-8H2,1-2H3,(H,17,18). The van der Waals surface area contributed by atoms with Crippen molar-refractivity contribution in [1.82, 2.24) is 14.8 Å². The fraction of sp³-hybridized carbons (Fsp3) is 0.308. The number of aryl methyl sites for hydroxylation is 2. The van der Waals surface area contributed by atoms with E-state index in [-0.39, 0.29) is 13.0 Å². The molecule has 0 spiro atoms. The molecule has 19 heavy (non-hydrogen) atoms. The lowest BCUT2D eigenvalue weighted by Crippen LogP contribution is -2.05. The van der Waals surface area contributed by atoms with Crippen LogP contribution in [0.4, 0.5) is 0 Å². The van der Waals surface area contributed by atoms with Gasteiger partial charge in [-0.1, -0.05) is 0 Å². The van der Waals surface area contributed by atoms with Gasteiger partial charge in [0, 0.05) is 0 Å². The van der Waals surface area contributed by atoms with Gasteiger partial charge < -0.3 is 9.84 Å². The fourth-order valence-electron chi connectivity index (χ4n) is 1.71. The van der Waals surface area contributed by atoms with E-state index in [9.17, 15) is 4.79 Å². The van der Waals surface area contributed by atoms with Crippen molar-refractivity contribution in [2.45, 2.75) is 20.3 Å². The molecule has 0 atom stereocenters. The summed E-state index contributed by atoms with van der Waals surface area (Å²) in [6, 6.07) is 7.29. The zero-order valence-electron chi connectivity index (χ0n) is 10.8. The van der Waals surface area contributed by atoms with Gasteiger partial charge in [-0.05, 0) is 38.1 Å². The molecule has 1 aromatic carbocycles. The first-order chi connectivity index (χ1) is 9.06. The minimum atomic E-state index is -0.870. The Morgan fingerprint density at radius 1 is 1.32 bits per heavy atom. The van der Waals surface area contributed by atoms with E-state index in [2.05, 4.69) is 10.1 Å². The van der Waals surface area contributed by atoms with Crippen LogP contribution >= 0.6 is 0 Å². The van der Waals surface area contributed by atoms with Crippen LogP contribution in [0.15, 0.2) is 24.3 Å². The summed E-state index contributed by atoms with van der Waals surface area (Å²) < 4.78 is 7.06. The lowest BCUT2D eigenvalue weighted by Gasteiger charge is -2.06. The first-order valence-corrected chi connectivity index (χ1v) is 5.91. The van der Waals surface area contributed by atoms with Crippen molar-refractivity contribution in [2.75, 3.05) is 6.61 Å². The smallest absolute Gasteiger partial charge is 0.306 e. The summed E-state index contributed by atoms with van der Waals surface area (Å²) in [6.45, 7) is 3.89. The molecule has 6 nitrogen and oxygen atoms in total. The molecule has 2 rings (SSSR count). The number of aromatic nitrogens is 3. The lowest BCUT2D eigenvalue weighted by molar-refractivity contribution is -0.137. The minimum Gasteiger partial charge on any atom is -0.493 e. The number of carboxylic acids is 1. The first kappa shape index (κ1) is 13.1. The summed E-state index contributed by atoms with van der Waals surface area (Å²) in [5, 5.41) is 12.8. The van der Waals surface area contributed by atoms with Gasteiger partial charge in [0.2, 0.25) is 0 Å². The number of benzene rings is 1. The third-order valence-corrected chi connectivity index (χ3v) is 2.54. The van der Waals surface area contributed by atoms with E-state index < -0.39 is 5.97 Å². The molecule has 100 valence electrons. The number of hydrogen-bond donors (Lipinski definition) is 1. The Bertz CT molecular complexity index is 575. The van der Waals surface area contributed by atoms with Crippen LogP contribution < -0.4 is 4.74 Å². The van der Waals surface area contributed by atoms with Crippen molar-refractivity contribution in [3.63, 3.8) is 0 Å². The van der Waals surface area contributed by atoms with E-state index in [4.69, 9.17) is 9.84 Å². The van der Waals surface area contributed by atoms with Crippen molar-refractivity contribution >= 4 is 5.97 Å². The van der Waals surface area contributed by atoms with Gasteiger partial charge in [-0.3, -0.25) is 4.79 Å². The van der Waals surface area contributed by atoms with E-state index in [0.717, 1.165) is 17.3 Å². The van der Waals surface area contributed by atoms with Gasteiger partial charge >= 0.3 is 5.97 Å². The fourth-order valence-corrected chi connectivity index (χ4v) is 1.71. The number of carbonyl (C=O) groups is 1. The molecule has 0 saturated carbocycles. The summed E-state index contributed by atoms with van der Waals surface area (Å²) >= 11 is 0. The number of carboxylic acid groups (broad SMARTS) is 1. The van der Waals surface area contributed by atoms with E-state index in [1.54, 1.807) is 16.8 Å². The number of nitrogens with zero attached hydrogens (tertiary/aromatic N) is 3. The molecule has 0 aliphatic rings. The molecule has 1 N–H and O–H groups in total. The third kappa shape index (κ3) is 3.31. The average molecular weight is 261 g/mol. The van der Waals surface area contributed by atoms with E-state index in [0.29, 0.717) is 5.75 Å². The SMILES string of the molecule is Cc1nc(C)n(-c2ccc(OCCC(=O)O)cc2)n1. The van der Waals surface area contributed by atoms with Gasteiger partial charge in [-0.25, -0.2) is 9.67 Å². The zero-order valence-corrected chi connectivity index (χ0v) is 10.8. The Morgan fingerprint density at radius 2 is 2.00 bits per heavy atom. The summed E-state index contributed by atoms with van der Waals surface area (Å²) in [6.07, 6.45) is -0.0108. The van der Waals surface area contributed by atoms with E-state index in [1.807, 2.05) is 26.0 Å². The maximum absolute atomic E-state index is 10.4. The molecule has 2 aromatic rings. The number of rotatable bonds is 5. The molecule has 0 unspecified atom stereocenters. The van der Waals surface area contributed by atoms with E-state index >= 15 is 0 Å². The second kappa shape index (κ2) is 5.51. The van der Waals surface area contributed by atoms with Crippen molar-refractivity contribution in [3.8, 4) is 11.4 Å². The Balaban J connectivity index is 2.06. The minimum absolute atomic E-state index is 0.0108. The number of aliphatic carboxylic acids is 1. The molecule has 0 saturated heterocycles. The molecule has 0 aliphatic carbocycles. The Kier molecular flexibility index (Phi) is 3.79. The van der Waals surface area contributed by atoms with Crippen LogP contribution in [0.5, 0.6) is 5.75 Å². The summed E-state index contributed by atoms with van der Waals surface area (Å²) in [7, 11) is 0. The van der Waals surface area contributed by atoms with Gasteiger partial charge in [0.05, 0.1) is 18.7 Å². The Morgan fingerprint density at radius 3 is 2.53 bits per heavy atom. The van der Waals surface area contributed by atoms with Crippen LogP contribution in [0.3, 0.4) is 0 Å². The maximum Gasteiger partial charge on any atom is 0.306 e. The second-order valence-corrected chi connectivity index (χ2v) is 4.10. The van der Waals surface area contributed by atoms with Crippen LogP contribution in [-0.2, 0) is 4.79 Å². The van der Waals surface area contributed by atoms with Gasteiger partial charge in [-0.2, -0.15) is 5.10 Å². The van der Waals surface area contributed by atoms with Crippen LogP contribution in [-0.4, -0.2) is 32.4 Å². The highest BCUT2D eigenvalue weighted by Gasteiger charge is 2.05. The molecular weight excluding hydrogens is 246 g/mol.